The Kier molecular flexibility index (Phi) is 4.49. The Balaban J connectivity index is 1.45. The van der Waals surface area contributed by atoms with Gasteiger partial charge in [-0.1, -0.05) is 6.07 Å². The summed E-state index contributed by atoms with van der Waals surface area (Å²) in [6.07, 6.45) is 5.45. The number of aromatic nitrogens is 4. The van der Waals surface area contributed by atoms with Crippen molar-refractivity contribution in [3.63, 3.8) is 0 Å². The highest BCUT2D eigenvalue weighted by molar-refractivity contribution is 5.96. The highest BCUT2D eigenvalue weighted by Gasteiger charge is 2.12. The van der Waals surface area contributed by atoms with Gasteiger partial charge in [-0.2, -0.15) is 5.10 Å². The molecular formula is C20H18N6O. The summed E-state index contributed by atoms with van der Waals surface area (Å²) < 4.78 is 1.70. The van der Waals surface area contributed by atoms with E-state index < -0.39 is 0 Å². The zero-order chi connectivity index (χ0) is 18.6. The number of Topliss-reactive ketones (excluding diaryl/α,β-unsaturated/α-hetero) is 1. The fourth-order valence-corrected chi connectivity index (χ4v) is 2.84. The number of nitrogen functional groups attached to an aromatic ring is 1. The third-order valence-electron chi connectivity index (χ3n) is 4.20. The quantitative estimate of drug-likeness (QED) is 0.514. The van der Waals surface area contributed by atoms with E-state index in [1.807, 2.05) is 48.7 Å². The average Bonchev–Trinajstić information content (AvgIpc) is 3.12. The van der Waals surface area contributed by atoms with E-state index in [2.05, 4.69) is 20.4 Å². The van der Waals surface area contributed by atoms with Crippen molar-refractivity contribution in [2.45, 2.75) is 13.0 Å². The van der Waals surface area contributed by atoms with Crippen molar-refractivity contribution < 1.29 is 4.79 Å². The first-order chi connectivity index (χ1) is 13.2. The van der Waals surface area contributed by atoms with Crippen LogP contribution in [0.5, 0.6) is 0 Å². The second kappa shape index (κ2) is 7.25. The van der Waals surface area contributed by atoms with E-state index >= 15 is 0 Å². The van der Waals surface area contributed by atoms with Gasteiger partial charge in [-0.05, 0) is 48.0 Å². The largest absolute Gasteiger partial charge is 0.382 e. The average molecular weight is 358 g/mol. The number of pyridine rings is 3. The fraction of sp³-hybridized carbons (Fsp3) is 0.100. The zero-order valence-electron chi connectivity index (χ0n) is 14.5. The Morgan fingerprint density at radius 2 is 2.00 bits per heavy atom. The van der Waals surface area contributed by atoms with Gasteiger partial charge < -0.3 is 11.1 Å². The van der Waals surface area contributed by atoms with Gasteiger partial charge in [-0.15, -0.1) is 0 Å². The summed E-state index contributed by atoms with van der Waals surface area (Å²) in [7, 11) is 0. The maximum atomic E-state index is 12.6. The molecule has 0 aliphatic carbocycles. The lowest BCUT2D eigenvalue weighted by molar-refractivity contribution is 0.0988. The number of carbonyl (C=O) groups is 1. The van der Waals surface area contributed by atoms with Crippen molar-refractivity contribution in [3.8, 4) is 0 Å². The third-order valence-corrected chi connectivity index (χ3v) is 4.20. The molecule has 0 amide bonds. The Morgan fingerprint density at radius 3 is 2.85 bits per heavy atom. The first kappa shape index (κ1) is 16.7. The van der Waals surface area contributed by atoms with Crippen LogP contribution in [0.25, 0.3) is 5.52 Å². The molecule has 3 N–H and O–H groups in total. The summed E-state index contributed by atoms with van der Waals surface area (Å²) in [5.41, 5.74) is 9.65. The van der Waals surface area contributed by atoms with Crippen LogP contribution in [0.3, 0.4) is 0 Å². The first-order valence-corrected chi connectivity index (χ1v) is 8.55. The van der Waals surface area contributed by atoms with Crippen molar-refractivity contribution in [2.24, 2.45) is 0 Å². The lowest BCUT2D eigenvalue weighted by Gasteiger charge is -2.08. The van der Waals surface area contributed by atoms with Gasteiger partial charge in [0.05, 0.1) is 23.4 Å². The number of anilines is 2. The smallest absolute Gasteiger partial charge is 0.187 e. The van der Waals surface area contributed by atoms with Crippen LogP contribution in [0.15, 0.2) is 67.1 Å². The lowest BCUT2D eigenvalue weighted by Crippen LogP contribution is -2.08. The fourth-order valence-electron chi connectivity index (χ4n) is 2.84. The molecule has 0 aliphatic heterocycles. The summed E-state index contributed by atoms with van der Waals surface area (Å²) >= 11 is 0. The van der Waals surface area contributed by atoms with Crippen molar-refractivity contribution in [2.75, 3.05) is 11.1 Å². The lowest BCUT2D eigenvalue weighted by atomic mass is 10.1. The van der Waals surface area contributed by atoms with Gasteiger partial charge in [0, 0.05) is 25.0 Å². The molecule has 0 aromatic carbocycles. The van der Waals surface area contributed by atoms with E-state index in [9.17, 15) is 4.79 Å². The number of nitrogens with one attached hydrogen (secondary N) is 1. The number of hydrogen-bond donors (Lipinski definition) is 2. The maximum absolute atomic E-state index is 12.6. The Labute approximate surface area is 155 Å². The summed E-state index contributed by atoms with van der Waals surface area (Å²) in [5.74, 6) is 0.413. The third kappa shape index (κ3) is 3.77. The molecule has 0 saturated carbocycles. The van der Waals surface area contributed by atoms with Gasteiger partial charge in [0.25, 0.3) is 0 Å². The van der Waals surface area contributed by atoms with Crippen molar-refractivity contribution >= 4 is 22.8 Å². The highest BCUT2D eigenvalue weighted by atomic mass is 16.1. The molecule has 0 fully saturated rings. The van der Waals surface area contributed by atoms with Gasteiger partial charge in [0.15, 0.2) is 5.78 Å². The summed E-state index contributed by atoms with van der Waals surface area (Å²) in [6.45, 7) is 0.492. The van der Waals surface area contributed by atoms with Crippen LogP contribution in [0.4, 0.5) is 11.5 Å². The summed E-state index contributed by atoms with van der Waals surface area (Å²) in [4.78, 5) is 21.0. The second-order valence-corrected chi connectivity index (χ2v) is 6.14. The number of ketones is 1. The van der Waals surface area contributed by atoms with Crippen LogP contribution in [-0.4, -0.2) is 25.4 Å². The predicted octanol–water partition coefficient (Wildman–Crippen LogP) is 2.74. The minimum atomic E-state index is -0.0275. The summed E-state index contributed by atoms with van der Waals surface area (Å²) in [5, 5.41) is 7.54. The molecule has 0 radical (unpaired) electrons. The standard InChI is InChI=1S/C20H18N6O/c21-20-17(5-3-7-23-20)24-13-15-10-14(6-8-22-15)11-19(27)18-12-16-4-1-2-9-26(16)25-18/h1-10,12,24H,11,13H2,(H2,21,23). The van der Waals surface area contributed by atoms with E-state index in [0.29, 0.717) is 18.1 Å². The van der Waals surface area contributed by atoms with E-state index in [0.717, 1.165) is 22.5 Å². The van der Waals surface area contributed by atoms with Crippen LogP contribution < -0.4 is 11.1 Å². The Morgan fingerprint density at radius 1 is 1.07 bits per heavy atom. The normalized spacial score (nSPS) is 10.8. The molecule has 0 spiro atoms. The molecule has 7 heteroatoms. The molecule has 134 valence electrons. The molecule has 0 aliphatic rings. The maximum Gasteiger partial charge on any atom is 0.187 e. The van der Waals surface area contributed by atoms with E-state index in [4.69, 9.17) is 5.73 Å². The highest BCUT2D eigenvalue weighted by Crippen LogP contribution is 2.15. The van der Waals surface area contributed by atoms with Crippen molar-refractivity contribution in [1.29, 1.82) is 0 Å². The van der Waals surface area contributed by atoms with Crippen molar-refractivity contribution in [1.82, 2.24) is 19.6 Å². The van der Waals surface area contributed by atoms with Crippen LogP contribution in [-0.2, 0) is 13.0 Å². The molecule has 7 nitrogen and oxygen atoms in total. The zero-order valence-corrected chi connectivity index (χ0v) is 14.5. The van der Waals surface area contributed by atoms with Crippen molar-refractivity contribution in [3.05, 3.63) is 84.1 Å². The Hall–Kier alpha value is -3.74. The number of hydrogen-bond acceptors (Lipinski definition) is 6. The van der Waals surface area contributed by atoms with Crippen LogP contribution >= 0.6 is 0 Å². The number of nitrogens with zero attached hydrogens (tertiary/aromatic N) is 4. The van der Waals surface area contributed by atoms with Gasteiger partial charge in [0.1, 0.15) is 11.5 Å². The topological polar surface area (TPSA) is 98.2 Å². The molecule has 0 saturated heterocycles. The van der Waals surface area contributed by atoms with Gasteiger partial charge in [-0.3, -0.25) is 9.78 Å². The monoisotopic (exact) mass is 358 g/mol. The van der Waals surface area contributed by atoms with Gasteiger partial charge in [-0.25, -0.2) is 9.50 Å². The van der Waals surface area contributed by atoms with Crippen LogP contribution in [0, 0.1) is 0 Å². The SMILES string of the molecule is Nc1ncccc1NCc1cc(CC(=O)c2cc3ccccn3n2)ccn1. The molecule has 27 heavy (non-hydrogen) atoms. The number of rotatable bonds is 6. The molecule has 0 atom stereocenters. The van der Waals surface area contributed by atoms with E-state index in [1.165, 1.54) is 0 Å². The number of carbonyl (C=O) groups excluding carboxylic acids is 1. The Bertz CT molecular complexity index is 1070. The van der Waals surface area contributed by atoms with Gasteiger partial charge in [0.2, 0.25) is 0 Å². The summed E-state index contributed by atoms with van der Waals surface area (Å²) in [6, 6.07) is 15.0. The molecule has 0 bridgehead atoms. The minimum absolute atomic E-state index is 0.0275. The molecule has 4 aromatic heterocycles. The molecule has 4 heterocycles. The van der Waals surface area contributed by atoms with E-state index in [-0.39, 0.29) is 12.2 Å². The molecule has 4 aromatic rings. The van der Waals surface area contributed by atoms with Crippen LogP contribution in [0.1, 0.15) is 21.7 Å². The predicted molar refractivity (Wildman–Crippen MR) is 103 cm³/mol. The molecular weight excluding hydrogens is 340 g/mol. The van der Waals surface area contributed by atoms with Crippen LogP contribution in [0.2, 0.25) is 0 Å². The second-order valence-electron chi connectivity index (χ2n) is 6.14. The van der Waals surface area contributed by atoms with E-state index in [1.54, 1.807) is 23.0 Å². The number of fused-ring (bicyclic) bond motifs is 1. The number of nitrogens with two attached hydrogens (primary N) is 1. The first-order valence-electron chi connectivity index (χ1n) is 8.55. The van der Waals surface area contributed by atoms with Gasteiger partial charge >= 0.3 is 0 Å². The molecule has 4 rings (SSSR count). The minimum Gasteiger partial charge on any atom is -0.382 e. The molecule has 0 unspecified atom stereocenters.